The van der Waals surface area contributed by atoms with Crippen LogP contribution >= 0.6 is 23.1 Å². The molecule has 134 valence electrons. The monoisotopic (exact) mass is 385 g/mol. The molecule has 5 nitrogen and oxygen atoms in total. The molecule has 2 aromatic heterocycles. The summed E-state index contributed by atoms with van der Waals surface area (Å²) in [6.07, 6.45) is 0.876. The second-order valence-electron chi connectivity index (χ2n) is 6.57. The number of thioether (sulfide) groups is 1. The maximum atomic E-state index is 12.8. The van der Waals surface area contributed by atoms with Crippen molar-refractivity contribution in [2.45, 2.75) is 38.4 Å². The number of H-pyrrole nitrogens is 1. The maximum absolute atomic E-state index is 12.8. The van der Waals surface area contributed by atoms with Crippen molar-refractivity contribution < 1.29 is 4.79 Å². The molecule has 1 N–H and O–H groups in total. The summed E-state index contributed by atoms with van der Waals surface area (Å²) in [6, 6.07) is 8.17. The topological polar surface area (TPSA) is 66.1 Å². The van der Waals surface area contributed by atoms with Gasteiger partial charge in [-0.05, 0) is 44.4 Å². The number of fused-ring (bicyclic) bond motifs is 2. The summed E-state index contributed by atoms with van der Waals surface area (Å²) in [6.45, 7) is 5.99. The van der Waals surface area contributed by atoms with Crippen LogP contribution in [0.5, 0.6) is 0 Å². The highest BCUT2D eigenvalue weighted by atomic mass is 32.2. The second-order valence-corrected chi connectivity index (χ2v) is 8.74. The number of amides is 1. The molecular formula is C19H19N3O2S2. The lowest BCUT2D eigenvalue weighted by Gasteiger charge is -2.22. The predicted octanol–water partition coefficient (Wildman–Crippen LogP) is 3.67. The Morgan fingerprint density at radius 2 is 2.15 bits per heavy atom. The van der Waals surface area contributed by atoms with Gasteiger partial charge in [0, 0.05) is 16.6 Å². The number of anilines is 1. The first-order chi connectivity index (χ1) is 12.5. The van der Waals surface area contributed by atoms with Crippen molar-refractivity contribution in [1.82, 2.24) is 9.97 Å². The number of rotatable bonds is 3. The van der Waals surface area contributed by atoms with Gasteiger partial charge in [-0.25, -0.2) is 4.98 Å². The number of hydrogen-bond donors (Lipinski definition) is 1. The molecule has 1 aromatic carbocycles. The smallest absolute Gasteiger partial charge is 0.260 e. The largest absolute Gasteiger partial charge is 0.308 e. The zero-order chi connectivity index (χ0) is 18.4. The highest BCUT2D eigenvalue weighted by molar-refractivity contribution is 7.99. The quantitative estimate of drug-likeness (QED) is 0.552. The number of nitrogens with zero attached hydrogens (tertiary/aromatic N) is 2. The Bertz CT molecular complexity index is 1070. The van der Waals surface area contributed by atoms with E-state index in [1.165, 1.54) is 28.7 Å². The summed E-state index contributed by atoms with van der Waals surface area (Å²) in [5, 5.41) is 1.16. The van der Waals surface area contributed by atoms with Crippen LogP contribution < -0.4 is 10.5 Å². The Kier molecular flexibility index (Phi) is 4.36. The number of aryl methyl sites for hydroxylation is 2. The molecule has 1 unspecified atom stereocenters. The third-order valence-electron chi connectivity index (χ3n) is 4.83. The molecule has 0 aliphatic carbocycles. The van der Waals surface area contributed by atoms with E-state index in [0.29, 0.717) is 10.5 Å². The lowest BCUT2D eigenvalue weighted by molar-refractivity contribution is -0.116. The predicted molar refractivity (Wildman–Crippen MR) is 108 cm³/mol. The van der Waals surface area contributed by atoms with Crippen LogP contribution in [0.1, 0.15) is 22.9 Å². The lowest BCUT2D eigenvalue weighted by atomic mass is 10.1. The van der Waals surface area contributed by atoms with Gasteiger partial charge in [0.1, 0.15) is 4.83 Å². The fourth-order valence-electron chi connectivity index (χ4n) is 3.45. The van der Waals surface area contributed by atoms with Crippen molar-refractivity contribution in [3.05, 3.63) is 50.6 Å². The normalized spacial score (nSPS) is 16.3. The molecule has 0 spiro atoms. The van der Waals surface area contributed by atoms with E-state index in [1.807, 2.05) is 36.9 Å². The summed E-state index contributed by atoms with van der Waals surface area (Å²) >= 11 is 2.80. The van der Waals surface area contributed by atoms with E-state index in [0.717, 1.165) is 27.4 Å². The average Bonchev–Trinajstić information content (AvgIpc) is 3.09. The van der Waals surface area contributed by atoms with Crippen molar-refractivity contribution in [3.63, 3.8) is 0 Å². The van der Waals surface area contributed by atoms with Crippen molar-refractivity contribution in [1.29, 1.82) is 0 Å². The van der Waals surface area contributed by atoms with Crippen LogP contribution in [0.25, 0.3) is 10.2 Å². The third-order valence-corrected chi connectivity index (χ3v) is 6.78. The number of carbonyl (C=O) groups is 1. The molecule has 1 aliphatic rings. The van der Waals surface area contributed by atoms with Crippen LogP contribution in [-0.2, 0) is 11.2 Å². The van der Waals surface area contributed by atoms with E-state index in [-0.39, 0.29) is 23.3 Å². The Balaban J connectivity index is 1.55. The fraction of sp³-hybridized carbons (Fsp3) is 0.316. The summed E-state index contributed by atoms with van der Waals surface area (Å²) in [5.74, 6) is 0.282. The van der Waals surface area contributed by atoms with E-state index in [4.69, 9.17) is 0 Å². The molecule has 3 aromatic rings. The molecule has 1 aliphatic heterocycles. The summed E-state index contributed by atoms with van der Waals surface area (Å²) in [5.41, 5.74) is 3.04. The summed E-state index contributed by atoms with van der Waals surface area (Å²) in [7, 11) is 0. The molecule has 26 heavy (non-hydrogen) atoms. The summed E-state index contributed by atoms with van der Waals surface area (Å²) in [4.78, 5) is 36.2. The highest BCUT2D eigenvalue weighted by Crippen LogP contribution is 2.33. The van der Waals surface area contributed by atoms with Gasteiger partial charge in [0.25, 0.3) is 5.56 Å². The van der Waals surface area contributed by atoms with Crippen LogP contribution in [0.2, 0.25) is 0 Å². The molecule has 3 heterocycles. The van der Waals surface area contributed by atoms with E-state index < -0.39 is 0 Å². The molecule has 1 atom stereocenters. The minimum Gasteiger partial charge on any atom is -0.308 e. The number of carbonyl (C=O) groups excluding carboxylic acids is 1. The number of para-hydroxylation sites is 1. The van der Waals surface area contributed by atoms with Gasteiger partial charge in [-0.1, -0.05) is 30.0 Å². The van der Waals surface area contributed by atoms with Crippen LogP contribution in [0.4, 0.5) is 5.69 Å². The zero-order valence-corrected chi connectivity index (χ0v) is 16.5. The Morgan fingerprint density at radius 1 is 1.38 bits per heavy atom. The molecule has 0 fully saturated rings. The SMILES string of the molecule is Cc1sc2nc(SCC(=O)N3c4ccccc4CC3C)[nH]c(=O)c2c1C. The molecule has 0 radical (unpaired) electrons. The molecule has 0 bridgehead atoms. The van der Waals surface area contributed by atoms with Gasteiger partial charge in [0.05, 0.1) is 11.1 Å². The average molecular weight is 386 g/mol. The highest BCUT2D eigenvalue weighted by Gasteiger charge is 2.30. The number of aromatic amines is 1. The van der Waals surface area contributed by atoms with Gasteiger partial charge >= 0.3 is 0 Å². The Hall–Kier alpha value is -2.12. The number of benzene rings is 1. The van der Waals surface area contributed by atoms with Crippen molar-refractivity contribution in [2.75, 3.05) is 10.7 Å². The van der Waals surface area contributed by atoms with Crippen LogP contribution in [0.3, 0.4) is 0 Å². The maximum Gasteiger partial charge on any atom is 0.260 e. The molecule has 4 rings (SSSR count). The standard InChI is InChI=1S/C19H19N3O2S2/c1-10-8-13-6-4-5-7-14(13)22(10)15(23)9-25-19-20-17(24)16-11(2)12(3)26-18(16)21-19/h4-7,10H,8-9H2,1-3H3,(H,20,21,24). The number of hydrogen-bond acceptors (Lipinski definition) is 5. The number of nitrogens with one attached hydrogen (secondary N) is 1. The van der Waals surface area contributed by atoms with Gasteiger partial charge in [-0.2, -0.15) is 0 Å². The Labute approximate surface area is 159 Å². The molecule has 7 heteroatoms. The van der Waals surface area contributed by atoms with E-state index >= 15 is 0 Å². The van der Waals surface area contributed by atoms with Crippen LogP contribution in [0.15, 0.2) is 34.2 Å². The van der Waals surface area contributed by atoms with Gasteiger partial charge in [0.2, 0.25) is 5.91 Å². The first-order valence-electron chi connectivity index (χ1n) is 8.48. The first kappa shape index (κ1) is 17.3. The van der Waals surface area contributed by atoms with Gasteiger partial charge in [0.15, 0.2) is 5.16 Å². The second kappa shape index (κ2) is 6.55. The van der Waals surface area contributed by atoms with Crippen molar-refractivity contribution in [3.8, 4) is 0 Å². The molecular weight excluding hydrogens is 366 g/mol. The van der Waals surface area contributed by atoms with Gasteiger partial charge in [-0.3, -0.25) is 9.59 Å². The molecule has 1 amide bonds. The minimum absolute atomic E-state index is 0.0359. The fourth-order valence-corrected chi connectivity index (χ4v) is 5.26. The van der Waals surface area contributed by atoms with Crippen molar-refractivity contribution >= 4 is 44.9 Å². The van der Waals surface area contributed by atoms with Crippen LogP contribution in [0, 0.1) is 13.8 Å². The van der Waals surface area contributed by atoms with Crippen LogP contribution in [-0.4, -0.2) is 27.7 Å². The Morgan fingerprint density at radius 3 is 2.96 bits per heavy atom. The van der Waals surface area contributed by atoms with Gasteiger partial charge < -0.3 is 9.88 Å². The van der Waals surface area contributed by atoms with E-state index in [1.54, 1.807) is 0 Å². The van der Waals surface area contributed by atoms with E-state index in [9.17, 15) is 9.59 Å². The van der Waals surface area contributed by atoms with Crippen molar-refractivity contribution in [2.24, 2.45) is 0 Å². The third kappa shape index (κ3) is 2.85. The number of thiophene rings is 1. The van der Waals surface area contributed by atoms with E-state index in [2.05, 4.69) is 23.0 Å². The first-order valence-corrected chi connectivity index (χ1v) is 10.3. The molecule has 0 saturated heterocycles. The molecule has 0 saturated carbocycles. The van der Waals surface area contributed by atoms with Gasteiger partial charge in [-0.15, -0.1) is 11.3 Å². The zero-order valence-electron chi connectivity index (χ0n) is 14.8. The lowest BCUT2D eigenvalue weighted by Crippen LogP contribution is -2.37. The number of aromatic nitrogens is 2. The minimum atomic E-state index is -0.133. The summed E-state index contributed by atoms with van der Waals surface area (Å²) < 4.78 is 0.